The van der Waals surface area contributed by atoms with Crippen LogP contribution in [0.15, 0.2) is 48.0 Å². The number of thiazole rings is 1. The van der Waals surface area contributed by atoms with Gasteiger partial charge in [-0.05, 0) is 30.7 Å². The topological polar surface area (TPSA) is 55.6 Å². The highest BCUT2D eigenvalue weighted by molar-refractivity contribution is 7.14. The molecule has 0 saturated heterocycles. The molecule has 3 aromatic heterocycles. The minimum atomic E-state index is 0.648. The molecule has 0 unspecified atom stereocenters. The minimum Gasteiger partial charge on any atom is -0.356 e. The number of nitrogens with zero attached hydrogens (tertiary/aromatic N) is 4. The lowest BCUT2D eigenvalue weighted by Gasteiger charge is -2.00. The van der Waals surface area contributed by atoms with Gasteiger partial charge in [0.05, 0.1) is 23.4 Å². The van der Waals surface area contributed by atoms with Crippen molar-refractivity contribution in [1.29, 1.82) is 0 Å². The summed E-state index contributed by atoms with van der Waals surface area (Å²) < 4.78 is 1.91. The molecule has 0 aliphatic carbocycles. The smallest absolute Gasteiger partial charge is 0.183 e. The van der Waals surface area contributed by atoms with Gasteiger partial charge in [0.2, 0.25) is 0 Å². The summed E-state index contributed by atoms with van der Waals surface area (Å²) in [5.74, 6) is 0. The number of fused-ring (bicyclic) bond motifs is 1. The first-order valence-corrected chi connectivity index (χ1v) is 8.62. The van der Waals surface area contributed by atoms with E-state index < -0.39 is 0 Å². The van der Waals surface area contributed by atoms with Crippen LogP contribution >= 0.6 is 11.3 Å². The second-order valence-electron chi connectivity index (χ2n) is 5.70. The molecule has 0 fully saturated rings. The predicted molar refractivity (Wildman–Crippen MR) is 98.1 cm³/mol. The van der Waals surface area contributed by atoms with Gasteiger partial charge in [-0.3, -0.25) is 9.67 Å². The number of nitrogens with one attached hydrogen (secondary N) is 1. The summed E-state index contributed by atoms with van der Waals surface area (Å²) in [7, 11) is 1.97. The van der Waals surface area contributed by atoms with Gasteiger partial charge in [-0.15, -0.1) is 11.3 Å². The molecule has 24 heavy (non-hydrogen) atoms. The minimum absolute atomic E-state index is 0.648. The molecule has 4 aromatic rings. The number of aromatic nitrogens is 4. The molecule has 0 atom stereocenters. The molecule has 3 heterocycles. The van der Waals surface area contributed by atoms with Crippen molar-refractivity contribution in [3.05, 3.63) is 59.2 Å². The zero-order valence-electron chi connectivity index (χ0n) is 13.5. The first-order valence-electron chi connectivity index (χ1n) is 7.74. The molecule has 0 aliphatic heterocycles. The molecule has 0 aliphatic rings. The third-order valence-corrected chi connectivity index (χ3v) is 4.72. The van der Waals surface area contributed by atoms with E-state index in [-0.39, 0.29) is 0 Å². The molecule has 0 amide bonds. The fraction of sp³-hybridized carbons (Fsp3) is 0.167. The maximum Gasteiger partial charge on any atom is 0.183 e. The molecular formula is C18H17N5S. The highest BCUT2D eigenvalue weighted by Crippen LogP contribution is 2.25. The van der Waals surface area contributed by atoms with Gasteiger partial charge in [-0.2, -0.15) is 5.10 Å². The monoisotopic (exact) mass is 335 g/mol. The standard InChI is InChI=1S/C18H17N5S/c1-12-7-8-19-14(9-12)16-11-24-18(21-16)20-10-15-13-5-3-4-6-17(13)23(2)22-15/h3-9,11H,10H2,1-2H3,(H,20,21). The summed E-state index contributed by atoms with van der Waals surface area (Å²) in [5, 5.41) is 12.1. The Morgan fingerprint density at radius 2 is 2.04 bits per heavy atom. The molecule has 5 nitrogen and oxygen atoms in total. The maximum absolute atomic E-state index is 4.63. The van der Waals surface area contributed by atoms with E-state index in [1.807, 2.05) is 47.6 Å². The van der Waals surface area contributed by atoms with E-state index >= 15 is 0 Å². The van der Waals surface area contributed by atoms with Crippen molar-refractivity contribution >= 4 is 27.4 Å². The SMILES string of the molecule is Cc1ccnc(-c2csc(NCc3nn(C)c4ccccc34)n2)c1. The zero-order chi connectivity index (χ0) is 16.5. The summed E-state index contributed by atoms with van der Waals surface area (Å²) in [6, 6.07) is 12.3. The van der Waals surface area contributed by atoms with Crippen molar-refractivity contribution in [3.63, 3.8) is 0 Å². The van der Waals surface area contributed by atoms with Crippen LogP contribution in [0, 0.1) is 6.92 Å². The number of pyridine rings is 1. The molecule has 0 spiro atoms. The van der Waals surface area contributed by atoms with E-state index in [2.05, 4.69) is 39.4 Å². The van der Waals surface area contributed by atoms with E-state index in [0.717, 1.165) is 27.7 Å². The molecule has 0 bridgehead atoms. The number of para-hydroxylation sites is 1. The van der Waals surface area contributed by atoms with Crippen LogP contribution in [0.1, 0.15) is 11.3 Å². The highest BCUT2D eigenvalue weighted by Gasteiger charge is 2.10. The number of aryl methyl sites for hydroxylation is 2. The molecule has 120 valence electrons. The average molecular weight is 335 g/mol. The fourth-order valence-electron chi connectivity index (χ4n) is 2.73. The number of hydrogen-bond donors (Lipinski definition) is 1. The second-order valence-corrected chi connectivity index (χ2v) is 6.56. The first kappa shape index (κ1) is 14.8. The number of anilines is 1. The molecule has 0 saturated carbocycles. The van der Waals surface area contributed by atoms with Crippen molar-refractivity contribution in [3.8, 4) is 11.4 Å². The average Bonchev–Trinajstić information content (AvgIpc) is 3.19. The van der Waals surface area contributed by atoms with Crippen LogP contribution in [0.2, 0.25) is 0 Å². The summed E-state index contributed by atoms with van der Waals surface area (Å²) in [6.07, 6.45) is 1.82. The Kier molecular flexibility index (Phi) is 3.74. The van der Waals surface area contributed by atoms with Crippen LogP contribution in [0.4, 0.5) is 5.13 Å². The molecule has 4 rings (SSSR count). The highest BCUT2D eigenvalue weighted by atomic mass is 32.1. The summed E-state index contributed by atoms with van der Waals surface area (Å²) in [6.45, 7) is 2.71. The fourth-order valence-corrected chi connectivity index (χ4v) is 3.43. The summed E-state index contributed by atoms with van der Waals surface area (Å²) in [4.78, 5) is 9.02. The van der Waals surface area contributed by atoms with Crippen LogP contribution < -0.4 is 5.32 Å². The van der Waals surface area contributed by atoms with E-state index in [9.17, 15) is 0 Å². The van der Waals surface area contributed by atoms with E-state index in [0.29, 0.717) is 6.54 Å². The largest absolute Gasteiger partial charge is 0.356 e. The van der Waals surface area contributed by atoms with Crippen LogP contribution in [0.3, 0.4) is 0 Å². The van der Waals surface area contributed by atoms with Crippen molar-refractivity contribution in [1.82, 2.24) is 19.7 Å². The summed E-state index contributed by atoms with van der Waals surface area (Å²) >= 11 is 1.58. The Morgan fingerprint density at radius 1 is 1.17 bits per heavy atom. The van der Waals surface area contributed by atoms with Crippen molar-refractivity contribution in [2.75, 3.05) is 5.32 Å². The third-order valence-electron chi connectivity index (χ3n) is 3.92. The predicted octanol–water partition coefficient (Wildman–Crippen LogP) is 4.01. The lowest BCUT2D eigenvalue weighted by Crippen LogP contribution is -2.01. The second kappa shape index (κ2) is 6.05. The van der Waals surface area contributed by atoms with Gasteiger partial charge >= 0.3 is 0 Å². The number of benzene rings is 1. The van der Waals surface area contributed by atoms with Crippen molar-refractivity contribution in [2.24, 2.45) is 7.05 Å². The number of rotatable bonds is 4. The van der Waals surface area contributed by atoms with Crippen LogP contribution in [-0.2, 0) is 13.6 Å². The Morgan fingerprint density at radius 3 is 2.92 bits per heavy atom. The molecular weight excluding hydrogens is 318 g/mol. The van der Waals surface area contributed by atoms with Gasteiger partial charge in [0.25, 0.3) is 0 Å². The maximum atomic E-state index is 4.63. The number of hydrogen-bond acceptors (Lipinski definition) is 5. The third kappa shape index (κ3) is 2.76. The lowest BCUT2D eigenvalue weighted by molar-refractivity contribution is 0.771. The van der Waals surface area contributed by atoms with Crippen molar-refractivity contribution in [2.45, 2.75) is 13.5 Å². The molecule has 1 aromatic carbocycles. The van der Waals surface area contributed by atoms with Crippen LogP contribution in [-0.4, -0.2) is 19.7 Å². The Labute approximate surface area is 144 Å². The van der Waals surface area contributed by atoms with E-state index in [1.165, 1.54) is 10.9 Å². The van der Waals surface area contributed by atoms with E-state index in [1.54, 1.807) is 11.3 Å². The Bertz CT molecular complexity index is 1000. The van der Waals surface area contributed by atoms with E-state index in [4.69, 9.17) is 0 Å². The van der Waals surface area contributed by atoms with Crippen LogP contribution in [0.25, 0.3) is 22.3 Å². The van der Waals surface area contributed by atoms with Gasteiger partial charge in [0.15, 0.2) is 5.13 Å². The first-order chi connectivity index (χ1) is 11.7. The van der Waals surface area contributed by atoms with Gasteiger partial charge in [0.1, 0.15) is 5.69 Å². The molecule has 6 heteroatoms. The molecule has 1 N–H and O–H groups in total. The zero-order valence-corrected chi connectivity index (χ0v) is 14.3. The Balaban J connectivity index is 1.54. The van der Waals surface area contributed by atoms with Crippen molar-refractivity contribution < 1.29 is 0 Å². The quantitative estimate of drug-likeness (QED) is 0.612. The lowest BCUT2D eigenvalue weighted by atomic mass is 10.2. The normalized spacial score (nSPS) is 11.1. The summed E-state index contributed by atoms with van der Waals surface area (Å²) in [5.41, 5.74) is 5.15. The Hall–Kier alpha value is -2.73. The molecule has 0 radical (unpaired) electrons. The van der Waals surface area contributed by atoms with Gasteiger partial charge in [-0.25, -0.2) is 4.98 Å². The van der Waals surface area contributed by atoms with Crippen LogP contribution in [0.5, 0.6) is 0 Å². The van der Waals surface area contributed by atoms with Gasteiger partial charge in [-0.1, -0.05) is 18.2 Å². The van der Waals surface area contributed by atoms with Gasteiger partial charge < -0.3 is 5.32 Å². The van der Waals surface area contributed by atoms with Gasteiger partial charge in [0, 0.05) is 24.0 Å².